The Hall–Kier alpha value is -2.33. The van der Waals surface area contributed by atoms with Crippen LogP contribution in [0.15, 0.2) is 42.5 Å². The second kappa shape index (κ2) is 7.12. The van der Waals surface area contributed by atoms with Crippen LogP contribution in [-0.2, 0) is 12.8 Å². The van der Waals surface area contributed by atoms with Crippen LogP contribution in [0.2, 0.25) is 0 Å². The van der Waals surface area contributed by atoms with Gasteiger partial charge in [0.25, 0.3) is 0 Å². The highest BCUT2D eigenvalue weighted by Crippen LogP contribution is 2.45. The highest BCUT2D eigenvalue weighted by atomic mass is 15.1. The van der Waals surface area contributed by atoms with Crippen molar-refractivity contribution in [3.05, 3.63) is 59.4 Å². The molecule has 1 spiro atoms. The summed E-state index contributed by atoms with van der Waals surface area (Å²) in [6.07, 6.45) is 8.48. The Kier molecular flexibility index (Phi) is 4.38. The van der Waals surface area contributed by atoms with Gasteiger partial charge in [0, 0.05) is 42.8 Å². The zero-order valence-corrected chi connectivity index (χ0v) is 18.0. The van der Waals surface area contributed by atoms with Crippen molar-refractivity contribution in [3.8, 4) is 0 Å². The highest BCUT2D eigenvalue weighted by Gasteiger charge is 2.41. The summed E-state index contributed by atoms with van der Waals surface area (Å²) in [6, 6.07) is 16.6. The Bertz CT molecular complexity index is 1050. The summed E-state index contributed by atoms with van der Waals surface area (Å²) in [6.45, 7) is 4.72. The van der Waals surface area contributed by atoms with E-state index in [0.29, 0.717) is 17.5 Å². The lowest BCUT2D eigenvalue weighted by Crippen LogP contribution is -2.54. The Labute approximate surface area is 179 Å². The van der Waals surface area contributed by atoms with Crippen LogP contribution in [0.1, 0.15) is 62.0 Å². The van der Waals surface area contributed by atoms with Crippen molar-refractivity contribution in [2.45, 2.75) is 64.0 Å². The molecule has 1 saturated carbocycles. The van der Waals surface area contributed by atoms with E-state index in [0.717, 1.165) is 12.8 Å². The van der Waals surface area contributed by atoms with E-state index in [1.165, 1.54) is 78.9 Å². The van der Waals surface area contributed by atoms with Crippen molar-refractivity contribution in [2.75, 3.05) is 18.4 Å². The molecule has 1 saturated heterocycles. The van der Waals surface area contributed by atoms with Crippen LogP contribution in [0.25, 0.3) is 11.0 Å². The summed E-state index contributed by atoms with van der Waals surface area (Å²) in [7, 11) is 0. The zero-order chi connectivity index (χ0) is 20.1. The van der Waals surface area contributed by atoms with E-state index < -0.39 is 0 Å². The molecule has 0 unspecified atom stereocenters. The minimum atomic E-state index is 0.548. The van der Waals surface area contributed by atoms with E-state index >= 15 is 0 Å². The number of hydrogen-bond acceptors (Lipinski definition) is 3. The van der Waals surface area contributed by atoms with Crippen LogP contribution in [0.4, 0.5) is 5.69 Å². The molecule has 3 heterocycles. The number of hydrogen-bond donors (Lipinski definition) is 2. The van der Waals surface area contributed by atoms with Gasteiger partial charge < -0.3 is 15.2 Å². The van der Waals surface area contributed by atoms with Gasteiger partial charge in [-0.25, -0.2) is 4.98 Å². The van der Waals surface area contributed by atoms with Crippen molar-refractivity contribution in [3.63, 3.8) is 0 Å². The molecule has 2 aromatic carbocycles. The van der Waals surface area contributed by atoms with Gasteiger partial charge in [-0.2, -0.15) is 0 Å². The van der Waals surface area contributed by atoms with Crippen molar-refractivity contribution in [2.24, 2.45) is 5.41 Å². The maximum absolute atomic E-state index is 5.30. The summed E-state index contributed by atoms with van der Waals surface area (Å²) in [4.78, 5) is 5.30. The lowest BCUT2D eigenvalue weighted by Gasteiger charge is -2.47. The number of nitrogens with one attached hydrogen (secondary N) is 2. The summed E-state index contributed by atoms with van der Waals surface area (Å²) < 4.78 is 2.62. The Morgan fingerprint density at radius 2 is 1.83 bits per heavy atom. The number of aromatic nitrogens is 2. The fraction of sp³-hybridized carbons (Fsp3) is 0.500. The lowest BCUT2D eigenvalue weighted by molar-refractivity contribution is 0.0845. The third kappa shape index (κ3) is 3.04. The summed E-state index contributed by atoms with van der Waals surface area (Å²) in [5.41, 5.74) is 7.25. The van der Waals surface area contributed by atoms with Gasteiger partial charge in [-0.1, -0.05) is 30.3 Å². The third-order valence-electron chi connectivity index (χ3n) is 7.86. The number of fused-ring (bicyclic) bond motifs is 3. The van der Waals surface area contributed by atoms with Gasteiger partial charge in [0.2, 0.25) is 0 Å². The van der Waals surface area contributed by atoms with E-state index in [9.17, 15) is 0 Å². The Morgan fingerprint density at radius 1 is 1.03 bits per heavy atom. The fourth-order valence-electron chi connectivity index (χ4n) is 5.97. The number of benzene rings is 2. The molecule has 30 heavy (non-hydrogen) atoms. The average Bonchev–Trinajstić information content (AvgIpc) is 3.11. The van der Waals surface area contributed by atoms with Gasteiger partial charge in [0.1, 0.15) is 5.82 Å². The van der Waals surface area contributed by atoms with Crippen LogP contribution in [0.5, 0.6) is 0 Å². The van der Waals surface area contributed by atoms with Crippen LogP contribution in [-0.4, -0.2) is 28.7 Å². The number of nitrogens with zero attached hydrogens (tertiary/aromatic N) is 2. The van der Waals surface area contributed by atoms with E-state index in [4.69, 9.17) is 4.98 Å². The van der Waals surface area contributed by atoms with E-state index in [1.54, 1.807) is 0 Å². The Morgan fingerprint density at radius 3 is 2.57 bits per heavy atom. The molecule has 156 valence electrons. The predicted molar refractivity (Wildman–Crippen MR) is 123 cm³/mol. The van der Waals surface area contributed by atoms with Gasteiger partial charge in [-0.05, 0) is 68.6 Å². The molecule has 6 rings (SSSR count). The zero-order valence-electron chi connectivity index (χ0n) is 18.0. The first-order chi connectivity index (χ1) is 14.7. The standard InChI is InChI=1S/C26H32N4/c1-18-7-8-21-22(28-18)9-10-23-25(21)29-24(15-19-5-3-2-4-6-19)30(23)20-11-13-26(14-12-20)16-27-17-26/h2-6,9-10,18,20,27-28H,7-8,11-17H2,1H3/t18-/m0/s1. The first kappa shape index (κ1) is 18.4. The highest BCUT2D eigenvalue weighted by molar-refractivity contribution is 5.86. The summed E-state index contributed by atoms with van der Waals surface area (Å²) >= 11 is 0. The van der Waals surface area contributed by atoms with Gasteiger partial charge in [0.15, 0.2) is 0 Å². The molecular weight excluding hydrogens is 368 g/mol. The smallest absolute Gasteiger partial charge is 0.114 e. The molecule has 1 aliphatic carbocycles. The molecule has 4 nitrogen and oxygen atoms in total. The molecule has 2 aliphatic heterocycles. The number of imidazole rings is 1. The molecule has 2 fully saturated rings. The molecule has 4 heteroatoms. The summed E-state index contributed by atoms with van der Waals surface area (Å²) in [5, 5.41) is 7.19. The maximum atomic E-state index is 5.30. The summed E-state index contributed by atoms with van der Waals surface area (Å²) in [5.74, 6) is 1.25. The fourth-order valence-corrected chi connectivity index (χ4v) is 5.97. The molecule has 2 N–H and O–H groups in total. The molecule has 0 radical (unpaired) electrons. The minimum absolute atomic E-state index is 0.548. The van der Waals surface area contributed by atoms with Crippen molar-refractivity contribution >= 4 is 16.7 Å². The SMILES string of the molecule is C[C@H]1CCc2c(ccc3c2nc(Cc2ccccc2)n3C2CCC3(CC2)CNC3)N1. The van der Waals surface area contributed by atoms with E-state index in [1.807, 2.05) is 0 Å². The number of aryl methyl sites for hydroxylation is 1. The van der Waals surface area contributed by atoms with Crippen LogP contribution in [0.3, 0.4) is 0 Å². The third-order valence-corrected chi connectivity index (χ3v) is 7.86. The molecule has 3 aliphatic rings. The molecule has 1 aromatic heterocycles. The quantitative estimate of drug-likeness (QED) is 0.644. The molecule has 0 amide bonds. The van der Waals surface area contributed by atoms with Crippen LogP contribution < -0.4 is 10.6 Å². The van der Waals surface area contributed by atoms with Crippen molar-refractivity contribution < 1.29 is 0 Å². The van der Waals surface area contributed by atoms with Crippen LogP contribution >= 0.6 is 0 Å². The maximum Gasteiger partial charge on any atom is 0.114 e. The van der Waals surface area contributed by atoms with Gasteiger partial charge in [-0.15, -0.1) is 0 Å². The minimum Gasteiger partial charge on any atom is -0.382 e. The average molecular weight is 401 g/mol. The number of rotatable bonds is 3. The number of anilines is 1. The first-order valence-corrected chi connectivity index (χ1v) is 11.7. The van der Waals surface area contributed by atoms with E-state index in [2.05, 4.69) is 64.6 Å². The molecule has 3 aromatic rings. The van der Waals surface area contributed by atoms with Crippen LogP contribution in [0, 0.1) is 5.41 Å². The second-order valence-corrected chi connectivity index (χ2v) is 9.94. The second-order valence-electron chi connectivity index (χ2n) is 9.94. The lowest BCUT2D eigenvalue weighted by atomic mass is 9.68. The molecular formula is C26H32N4. The normalized spacial score (nSPS) is 23.2. The largest absolute Gasteiger partial charge is 0.382 e. The Balaban J connectivity index is 1.43. The van der Waals surface area contributed by atoms with Crippen molar-refractivity contribution in [1.29, 1.82) is 0 Å². The topological polar surface area (TPSA) is 41.9 Å². The van der Waals surface area contributed by atoms with Crippen molar-refractivity contribution in [1.82, 2.24) is 14.9 Å². The van der Waals surface area contributed by atoms with E-state index in [-0.39, 0.29) is 0 Å². The van der Waals surface area contributed by atoms with Gasteiger partial charge in [0.05, 0.1) is 11.0 Å². The molecule has 1 atom stereocenters. The molecule has 0 bridgehead atoms. The predicted octanol–water partition coefficient (Wildman–Crippen LogP) is 5.08. The van der Waals surface area contributed by atoms with Gasteiger partial charge in [-0.3, -0.25) is 0 Å². The monoisotopic (exact) mass is 400 g/mol. The van der Waals surface area contributed by atoms with Gasteiger partial charge >= 0.3 is 0 Å². The first-order valence-electron chi connectivity index (χ1n) is 11.7.